The quantitative estimate of drug-likeness (QED) is 0.849. The number of para-hydroxylation sites is 1. The summed E-state index contributed by atoms with van der Waals surface area (Å²) < 4.78 is 0. The number of hydrogen-bond acceptors (Lipinski definition) is 2. The summed E-state index contributed by atoms with van der Waals surface area (Å²) in [5.41, 5.74) is 2.40. The second-order valence-electron chi connectivity index (χ2n) is 4.80. The summed E-state index contributed by atoms with van der Waals surface area (Å²) >= 11 is 0. The summed E-state index contributed by atoms with van der Waals surface area (Å²) in [5.74, 6) is -0.228. The SMILES string of the molecule is CC1c2ccccc2N(C(=O)c2ccccc2)C1O. The third-order valence-electron chi connectivity index (χ3n) is 3.64. The normalized spacial score (nSPS) is 21.3. The lowest BCUT2D eigenvalue weighted by Crippen LogP contribution is -2.38. The van der Waals surface area contributed by atoms with Crippen molar-refractivity contribution in [1.82, 2.24) is 0 Å². The van der Waals surface area contributed by atoms with Gasteiger partial charge in [-0.05, 0) is 23.8 Å². The first-order chi connectivity index (χ1) is 9.20. The van der Waals surface area contributed by atoms with Crippen LogP contribution in [0, 0.1) is 0 Å². The van der Waals surface area contributed by atoms with Gasteiger partial charge in [-0.15, -0.1) is 0 Å². The Morgan fingerprint density at radius 3 is 2.42 bits per heavy atom. The molecule has 0 aliphatic carbocycles. The molecule has 0 radical (unpaired) electrons. The number of benzene rings is 2. The first-order valence-corrected chi connectivity index (χ1v) is 6.36. The van der Waals surface area contributed by atoms with Crippen LogP contribution in [0.2, 0.25) is 0 Å². The largest absolute Gasteiger partial charge is 0.372 e. The van der Waals surface area contributed by atoms with Gasteiger partial charge in [-0.3, -0.25) is 9.69 Å². The molecule has 96 valence electrons. The molecular weight excluding hydrogens is 238 g/mol. The zero-order chi connectivity index (χ0) is 13.4. The van der Waals surface area contributed by atoms with Gasteiger partial charge < -0.3 is 5.11 Å². The second kappa shape index (κ2) is 4.52. The van der Waals surface area contributed by atoms with Crippen molar-refractivity contribution >= 4 is 11.6 Å². The molecule has 3 rings (SSSR count). The van der Waals surface area contributed by atoms with Gasteiger partial charge in [0.05, 0.1) is 5.69 Å². The molecule has 0 fully saturated rings. The van der Waals surface area contributed by atoms with Crippen LogP contribution in [0.5, 0.6) is 0 Å². The van der Waals surface area contributed by atoms with E-state index in [-0.39, 0.29) is 11.8 Å². The fraction of sp³-hybridized carbons (Fsp3) is 0.188. The number of aliphatic hydroxyl groups excluding tert-OH is 1. The Labute approximate surface area is 112 Å². The minimum absolute atomic E-state index is 0.0659. The predicted molar refractivity (Wildman–Crippen MR) is 74.1 cm³/mol. The smallest absolute Gasteiger partial charge is 0.260 e. The van der Waals surface area contributed by atoms with Crippen molar-refractivity contribution in [3.63, 3.8) is 0 Å². The molecule has 3 nitrogen and oxygen atoms in total. The molecule has 0 saturated carbocycles. The molecule has 2 atom stereocenters. The number of rotatable bonds is 1. The van der Waals surface area contributed by atoms with E-state index in [4.69, 9.17) is 0 Å². The summed E-state index contributed by atoms with van der Waals surface area (Å²) in [6.07, 6.45) is -0.801. The van der Waals surface area contributed by atoms with Gasteiger partial charge >= 0.3 is 0 Å². The van der Waals surface area contributed by atoms with Crippen LogP contribution in [0.1, 0.15) is 28.8 Å². The van der Waals surface area contributed by atoms with Crippen molar-refractivity contribution in [3.8, 4) is 0 Å². The number of fused-ring (bicyclic) bond motifs is 1. The van der Waals surface area contributed by atoms with Gasteiger partial charge in [-0.25, -0.2) is 0 Å². The highest BCUT2D eigenvalue weighted by atomic mass is 16.3. The average Bonchev–Trinajstić information content (AvgIpc) is 2.72. The lowest BCUT2D eigenvalue weighted by Gasteiger charge is -2.23. The molecule has 19 heavy (non-hydrogen) atoms. The molecule has 2 aromatic rings. The number of hydrogen-bond donors (Lipinski definition) is 1. The van der Waals surface area contributed by atoms with E-state index in [1.807, 2.05) is 49.4 Å². The second-order valence-corrected chi connectivity index (χ2v) is 4.80. The molecular formula is C16H15NO2. The lowest BCUT2D eigenvalue weighted by atomic mass is 10.0. The van der Waals surface area contributed by atoms with Gasteiger partial charge in [0.2, 0.25) is 0 Å². The van der Waals surface area contributed by atoms with E-state index >= 15 is 0 Å². The van der Waals surface area contributed by atoms with Crippen LogP contribution in [0.25, 0.3) is 0 Å². The molecule has 0 bridgehead atoms. The molecule has 1 aliphatic rings. The fourth-order valence-corrected chi connectivity index (χ4v) is 2.57. The summed E-state index contributed by atoms with van der Waals surface area (Å²) in [6.45, 7) is 1.93. The summed E-state index contributed by atoms with van der Waals surface area (Å²) in [5, 5.41) is 10.3. The van der Waals surface area contributed by atoms with E-state index in [0.717, 1.165) is 11.3 Å². The monoisotopic (exact) mass is 253 g/mol. The minimum Gasteiger partial charge on any atom is -0.372 e. The van der Waals surface area contributed by atoms with Crippen molar-refractivity contribution in [2.24, 2.45) is 0 Å². The van der Waals surface area contributed by atoms with Gasteiger partial charge in [-0.1, -0.05) is 43.3 Å². The zero-order valence-electron chi connectivity index (χ0n) is 10.7. The maximum Gasteiger partial charge on any atom is 0.260 e. The Morgan fingerprint density at radius 1 is 1.05 bits per heavy atom. The Kier molecular flexibility index (Phi) is 2.84. The van der Waals surface area contributed by atoms with Crippen LogP contribution < -0.4 is 4.90 Å². The summed E-state index contributed by atoms with van der Waals surface area (Å²) in [7, 11) is 0. The molecule has 1 heterocycles. The van der Waals surface area contributed by atoms with Gasteiger partial charge in [0.25, 0.3) is 5.91 Å². The van der Waals surface area contributed by atoms with Gasteiger partial charge in [0, 0.05) is 11.5 Å². The number of nitrogens with zero attached hydrogens (tertiary/aromatic N) is 1. The lowest BCUT2D eigenvalue weighted by molar-refractivity contribution is 0.0878. The Morgan fingerprint density at radius 2 is 1.68 bits per heavy atom. The average molecular weight is 253 g/mol. The minimum atomic E-state index is -0.801. The number of amides is 1. The van der Waals surface area contributed by atoms with Crippen LogP contribution in [0.3, 0.4) is 0 Å². The van der Waals surface area contributed by atoms with E-state index in [9.17, 15) is 9.90 Å². The van der Waals surface area contributed by atoms with E-state index in [1.54, 1.807) is 12.1 Å². The standard InChI is InChI=1S/C16H15NO2/c1-11-13-9-5-6-10-14(13)17(15(11)18)16(19)12-7-3-2-4-8-12/h2-11,15,18H,1H3. The molecule has 2 aromatic carbocycles. The van der Waals surface area contributed by atoms with Crippen molar-refractivity contribution in [3.05, 3.63) is 65.7 Å². The maximum absolute atomic E-state index is 12.5. The zero-order valence-corrected chi connectivity index (χ0v) is 10.7. The van der Waals surface area contributed by atoms with Crippen LogP contribution in [0.4, 0.5) is 5.69 Å². The van der Waals surface area contributed by atoms with Crippen molar-refractivity contribution in [2.45, 2.75) is 19.1 Å². The van der Waals surface area contributed by atoms with Crippen LogP contribution >= 0.6 is 0 Å². The van der Waals surface area contributed by atoms with Gasteiger partial charge in [0.1, 0.15) is 6.23 Å². The molecule has 0 aromatic heterocycles. The van der Waals surface area contributed by atoms with E-state index in [2.05, 4.69) is 0 Å². The molecule has 0 saturated heterocycles. The van der Waals surface area contributed by atoms with E-state index in [1.165, 1.54) is 4.90 Å². The Bertz CT molecular complexity index is 609. The van der Waals surface area contributed by atoms with E-state index in [0.29, 0.717) is 5.56 Å². The first kappa shape index (κ1) is 11.9. The number of carbonyl (C=O) groups excluding carboxylic acids is 1. The predicted octanol–water partition coefficient (Wildman–Crippen LogP) is 2.77. The summed E-state index contributed by atoms with van der Waals surface area (Å²) in [4.78, 5) is 14.0. The first-order valence-electron chi connectivity index (χ1n) is 6.36. The molecule has 1 N–H and O–H groups in total. The molecule has 2 unspecified atom stereocenters. The van der Waals surface area contributed by atoms with Gasteiger partial charge in [-0.2, -0.15) is 0 Å². The number of anilines is 1. The highest BCUT2D eigenvalue weighted by molar-refractivity contribution is 6.07. The molecule has 3 heteroatoms. The fourth-order valence-electron chi connectivity index (χ4n) is 2.57. The topological polar surface area (TPSA) is 40.5 Å². The highest BCUT2D eigenvalue weighted by Crippen LogP contribution is 2.40. The van der Waals surface area contributed by atoms with Crippen LogP contribution in [0.15, 0.2) is 54.6 Å². The third kappa shape index (κ3) is 1.83. The highest BCUT2D eigenvalue weighted by Gasteiger charge is 2.38. The summed E-state index contributed by atoms with van der Waals surface area (Å²) in [6, 6.07) is 16.7. The Balaban J connectivity index is 2.04. The molecule has 1 amide bonds. The van der Waals surface area contributed by atoms with Crippen LogP contribution in [-0.2, 0) is 0 Å². The maximum atomic E-state index is 12.5. The number of carbonyl (C=O) groups is 1. The van der Waals surface area contributed by atoms with Crippen molar-refractivity contribution in [2.75, 3.05) is 4.90 Å². The molecule has 0 spiro atoms. The van der Waals surface area contributed by atoms with Gasteiger partial charge in [0.15, 0.2) is 0 Å². The number of aliphatic hydroxyl groups is 1. The van der Waals surface area contributed by atoms with E-state index < -0.39 is 6.23 Å². The Hall–Kier alpha value is -2.13. The molecule has 1 aliphatic heterocycles. The van der Waals surface area contributed by atoms with Crippen molar-refractivity contribution in [1.29, 1.82) is 0 Å². The van der Waals surface area contributed by atoms with Crippen molar-refractivity contribution < 1.29 is 9.90 Å². The van der Waals surface area contributed by atoms with Crippen LogP contribution in [-0.4, -0.2) is 17.2 Å². The third-order valence-corrected chi connectivity index (χ3v) is 3.64.